The third-order valence-electron chi connectivity index (χ3n) is 3.70. The molecule has 0 bridgehead atoms. The zero-order valence-corrected chi connectivity index (χ0v) is 13.8. The summed E-state index contributed by atoms with van der Waals surface area (Å²) in [5, 5.41) is 7.05. The maximum Gasteiger partial charge on any atom is 0.313 e. The Morgan fingerprint density at radius 1 is 1.17 bits per heavy atom. The Labute approximate surface area is 143 Å². The van der Waals surface area contributed by atoms with E-state index >= 15 is 0 Å². The van der Waals surface area contributed by atoms with Gasteiger partial charge in [0.2, 0.25) is 5.91 Å². The fourth-order valence-corrected chi connectivity index (χ4v) is 3.17. The van der Waals surface area contributed by atoms with Crippen LogP contribution in [0.5, 0.6) is 0 Å². The number of carbonyl (C=O) groups excluding carboxylic acids is 3. The molecule has 3 rings (SSSR count). The van der Waals surface area contributed by atoms with Crippen LogP contribution < -0.4 is 15.5 Å². The lowest BCUT2D eigenvalue weighted by Crippen LogP contribution is -2.34. The van der Waals surface area contributed by atoms with Crippen molar-refractivity contribution in [3.8, 4) is 0 Å². The maximum atomic E-state index is 12.0. The summed E-state index contributed by atoms with van der Waals surface area (Å²) in [5.41, 5.74) is 1.22. The third-order valence-corrected chi connectivity index (χ3v) is 4.58. The number of benzene rings is 1. The van der Waals surface area contributed by atoms with Gasteiger partial charge in [0.1, 0.15) is 0 Å². The van der Waals surface area contributed by atoms with Crippen LogP contribution in [0.3, 0.4) is 0 Å². The van der Waals surface area contributed by atoms with Gasteiger partial charge in [-0.05, 0) is 36.1 Å². The lowest BCUT2D eigenvalue weighted by molar-refractivity contribution is -0.136. The van der Waals surface area contributed by atoms with Crippen LogP contribution in [0.25, 0.3) is 0 Å². The van der Waals surface area contributed by atoms with E-state index in [1.165, 1.54) is 11.3 Å². The maximum absolute atomic E-state index is 12.0. The Hall–Kier alpha value is -2.67. The first-order chi connectivity index (χ1) is 11.6. The van der Waals surface area contributed by atoms with Gasteiger partial charge in [-0.25, -0.2) is 0 Å². The van der Waals surface area contributed by atoms with Gasteiger partial charge in [0.25, 0.3) is 0 Å². The number of rotatable bonds is 4. The van der Waals surface area contributed by atoms with Gasteiger partial charge >= 0.3 is 11.8 Å². The summed E-state index contributed by atoms with van der Waals surface area (Å²) in [5.74, 6) is -1.34. The first-order valence-electron chi connectivity index (χ1n) is 7.65. The largest absolute Gasteiger partial charge is 0.343 e. The van der Waals surface area contributed by atoms with Gasteiger partial charge < -0.3 is 15.5 Å². The van der Waals surface area contributed by atoms with Crippen molar-refractivity contribution in [3.05, 3.63) is 46.7 Å². The molecule has 0 radical (unpaired) electrons. The number of nitrogens with one attached hydrogen (secondary N) is 2. The summed E-state index contributed by atoms with van der Waals surface area (Å²) in [6.45, 7) is 1.00. The molecule has 1 aliphatic rings. The van der Waals surface area contributed by atoms with Crippen LogP contribution >= 0.6 is 11.3 Å². The smallest absolute Gasteiger partial charge is 0.313 e. The van der Waals surface area contributed by atoms with Crippen LogP contribution in [-0.2, 0) is 20.9 Å². The molecule has 1 aromatic carbocycles. The number of anilines is 2. The van der Waals surface area contributed by atoms with Crippen molar-refractivity contribution in [3.63, 3.8) is 0 Å². The average Bonchev–Trinajstić information content (AvgIpc) is 3.24. The summed E-state index contributed by atoms with van der Waals surface area (Å²) >= 11 is 1.51. The van der Waals surface area contributed by atoms with Crippen molar-refractivity contribution in [2.75, 3.05) is 16.8 Å². The molecule has 1 saturated heterocycles. The minimum Gasteiger partial charge on any atom is -0.343 e. The minimum atomic E-state index is -0.726. The van der Waals surface area contributed by atoms with Crippen LogP contribution in [0.2, 0.25) is 0 Å². The topological polar surface area (TPSA) is 78.5 Å². The van der Waals surface area contributed by atoms with E-state index in [2.05, 4.69) is 10.6 Å². The summed E-state index contributed by atoms with van der Waals surface area (Å²) in [6.07, 6.45) is 1.38. The summed E-state index contributed by atoms with van der Waals surface area (Å²) in [4.78, 5) is 38.3. The summed E-state index contributed by atoms with van der Waals surface area (Å²) in [6, 6.07) is 10.7. The molecule has 2 aromatic rings. The predicted octanol–water partition coefficient (Wildman–Crippen LogP) is 2.13. The Kier molecular flexibility index (Phi) is 4.90. The molecule has 0 atom stereocenters. The van der Waals surface area contributed by atoms with E-state index in [1.54, 1.807) is 23.1 Å². The number of hydrogen-bond acceptors (Lipinski definition) is 4. The highest BCUT2D eigenvalue weighted by molar-refractivity contribution is 7.09. The number of amides is 3. The Morgan fingerprint density at radius 2 is 2.04 bits per heavy atom. The monoisotopic (exact) mass is 343 g/mol. The van der Waals surface area contributed by atoms with Gasteiger partial charge in [0.15, 0.2) is 0 Å². The van der Waals surface area contributed by atoms with Gasteiger partial charge in [-0.3, -0.25) is 14.4 Å². The van der Waals surface area contributed by atoms with E-state index in [0.29, 0.717) is 25.2 Å². The quantitative estimate of drug-likeness (QED) is 0.835. The van der Waals surface area contributed by atoms with E-state index in [4.69, 9.17) is 0 Å². The molecule has 1 aliphatic heterocycles. The van der Waals surface area contributed by atoms with Crippen LogP contribution in [0, 0.1) is 0 Å². The standard InChI is InChI=1S/C17H17N3O3S/c21-15-7-2-8-20(15)13-5-1-4-12(10-13)19-17(23)16(22)18-11-14-6-3-9-24-14/h1,3-6,9-10H,2,7-8,11H2,(H,18,22)(H,19,23). The van der Waals surface area contributed by atoms with Crippen LogP contribution in [0.1, 0.15) is 17.7 Å². The Morgan fingerprint density at radius 3 is 2.75 bits per heavy atom. The van der Waals surface area contributed by atoms with E-state index in [1.807, 2.05) is 23.6 Å². The molecule has 0 aliphatic carbocycles. The van der Waals surface area contributed by atoms with Crippen molar-refractivity contribution in [2.24, 2.45) is 0 Å². The Bertz CT molecular complexity index is 758. The van der Waals surface area contributed by atoms with Gasteiger partial charge in [0.05, 0.1) is 6.54 Å². The van der Waals surface area contributed by atoms with Crippen LogP contribution in [-0.4, -0.2) is 24.3 Å². The van der Waals surface area contributed by atoms with Crippen molar-refractivity contribution in [2.45, 2.75) is 19.4 Å². The van der Waals surface area contributed by atoms with E-state index in [-0.39, 0.29) is 5.91 Å². The molecule has 6 nitrogen and oxygen atoms in total. The first-order valence-corrected chi connectivity index (χ1v) is 8.53. The molecule has 7 heteroatoms. The number of thiophene rings is 1. The SMILES string of the molecule is O=C(NCc1cccs1)C(=O)Nc1cccc(N2CCCC2=O)c1. The molecule has 2 heterocycles. The van der Waals surface area contributed by atoms with Crippen LogP contribution in [0.4, 0.5) is 11.4 Å². The highest BCUT2D eigenvalue weighted by atomic mass is 32.1. The molecule has 0 unspecified atom stereocenters. The first kappa shape index (κ1) is 16.2. The predicted molar refractivity (Wildman–Crippen MR) is 92.8 cm³/mol. The van der Waals surface area contributed by atoms with E-state index < -0.39 is 11.8 Å². The van der Waals surface area contributed by atoms with E-state index in [9.17, 15) is 14.4 Å². The molecule has 3 amide bonds. The lowest BCUT2D eigenvalue weighted by atomic mass is 10.2. The zero-order valence-electron chi connectivity index (χ0n) is 13.0. The molecule has 1 fully saturated rings. The minimum absolute atomic E-state index is 0.0761. The lowest BCUT2D eigenvalue weighted by Gasteiger charge is -2.16. The molecule has 2 N–H and O–H groups in total. The summed E-state index contributed by atoms with van der Waals surface area (Å²) < 4.78 is 0. The van der Waals surface area contributed by atoms with Crippen molar-refractivity contribution in [1.29, 1.82) is 0 Å². The van der Waals surface area contributed by atoms with E-state index in [0.717, 1.165) is 17.0 Å². The second kappa shape index (κ2) is 7.27. The van der Waals surface area contributed by atoms with Crippen LogP contribution in [0.15, 0.2) is 41.8 Å². The third kappa shape index (κ3) is 3.80. The Balaban J connectivity index is 1.59. The fraction of sp³-hybridized carbons (Fsp3) is 0.235. The van der Waals surface area contributed by atoms with Gasteiger partial charge in [0, 0.05) is 29.2 Å². The summed E-state index contributed by atoms with van der Waals surface area (Å²) in [7, 11) is 0. The average molecular weight is 343 g/mol. The van der Waals surface area contributed by atoms with Crippen molar-refractivity contribution >= 4 is 40.4 Å². The molecule has 24 heavy (non-hydrogen) atoms. The number of hydrogen-bond donors (Lipinski definition) is 2. The fourth-order valence-electron chi connectivity index (χ4n) is 2.52. The molecule has 0 spiro atoms. The molecule has 1 aromatic heterocycles. The second-order valence-electron chi connectivity index (χ2n) is 5.42. The molecule has 0 saturated carbocycles. The van der Waals surface area contributed by atoms with Gasteiger partial charge in [-0.15, -0.1) is 11.3 Å². The zero-order chi connectivity index (χ0) is 16.9. The number of nitrogens with zero attached hydrogens (tertiary/aromatic N) is 1. The van der Waals surface area contributed by atoms with Gasteiger partial charge in [-0.1, -0.05) is 12.1 Å². The highest BCUT2D eigenvalue weighted by Gasteiger charge is 2.22. The normalized spacial score (nSPS) is 13.8. The van der Waals surface area contributed by atoms with Gasteiger partial charge in [-0.2, -0.15) is 0 Å². The highest BCUT2D eigenvalue weighted by Crippen LogP contribution is 2.24. The second-order valence-corrected chi connectivity index (χ2v) is 6.45. The van der Waals surface area contributed by atoms with Crippen molar-refractivity contribution in [1.82, 2.24) is 5.32 Å². The van der Waals surface area contributed by atoms with Crippen molar-refractivity contribution < 1.29 is 14.4 Å². The number of carbonyl (C=O) groups is 3. The molecular weight excluding hydrogens is 326 g/mol. The molecular formula is C17H17N3O3S. The molecule has 124 valence electrons.